The zero-order valence-electron chi connectivity index (χ0n) is 9.04. The summed E-state index contributed by atoms with van der Waals surface area (Å²) in [5.41, 5.74) is -1.58. The Kier molecular flexibility index (Phi) is 4.12. The van der Waals surface area contributed by atoms with E-state index in [-0.39, 0.29) is 12.2 Å². The van der Waals surface area contributed by atoms with E-state index in [0.717, 1.165) is 6.26 Å². The van der Waals surface area contributed by atoms with Crippen molar-refractivity contribution in [2.45, 2.75) is 12.0 Å². The lowest BCUT2D eigenvalue weighted by Crippen LogP contribution is -2.55. The number of aliphatic carboxylic acids is 1. The molecule has 0 amide bonds. The van der Waals surface area contributed by atoms with Crippen LogP contribution < -0.4 is 4.72 Å². The van der Waals surface area contributed by atoms with Gasteiger partial charge >= 0.3 is 5.97 Å². The molecule has 0 aromatic rings. The van der Waals surface area contributed by atoms with E-state index in [9.17, 15) is 21.6 Å². The van der Waals surface area contributed by atoms with Crippen molar-refractivity contribution in [3.8, 4) is 0 Å². The molecule has 2 N–H and O–H groups in total. The summed E-state index contributed by atoms with van der Waals surface area (Å²) in [6.45, 7) is 0. The maximum atomic E-state index is 11.5. The number of nitrogens with one attached hydrogen (secondary N) is 1. The normalized spacial score (nSPS) is 25.9. The van der Waals surface area contributed by atoms with E-state index in [2.05, 4.69) is 0 Å². The number of carbonyl (C=O) groups is 1. The van der Waals surface area contributed by atoms with Gasteiger partial charge in [0.15, 0.2) is 14.9 Å². The molecule has 0 saturated carbocycles. The average molecular weight is 303 g/mol. The van der Waals surface area contributed by atoms with Gasteiger partial charge in [-0.15, -0.1) is 0 Å². The Morgan fingerprint density at radius 3 is 2.35 bits per heavy atom. The smallest absolute Gasteiger partial charge is 0.325 e. The summed E-state index contributed by atoms with van der Waals surface area (Å²) in [7, 11) is -7.88. The number of carboxylic acid groups (broad SMARTS) is 1. The van der Waals surface area contributed by atoms with Gasteiger partial charge in [0.05, 0.1) is 0 Å². The molecule has 1 unspecified atom stereocenters. The van der Waals surface area contributed by atoms with Crippen LogP contribution in [0.5, 0.6) is 0 Å². The van der Waals surface area contributed by atoms with E-state index in [1.54, 1.807) is 0 Å². The van der Waals surface area contributed by atoms with Crippen molar-refractivity contribution in [3.05, 3.63) is 0 Å². The first-order valence-electron chi connectivity index (χ1n) is 4.57. The highest BCUT2D eigenvalue weighted by Crippen LogP contribution is 2.29. The molecular weight excluding hydrogens is 290 g/mol. The van der Waals surface area contributed by atoms with Crippen molar-refractivity contribution in [2.24, 2.45) is 0 Å². The van der Waals surface area contributed by atoms with Crippen LogP contribution in [0.2, 0.25) is 0 Å². The van der Waals surface area contributed by atoms with E-state index >= 15 is 0 Å². The van der Waals surface area contributed by atoms with E-state index in [4.69, 9.17) is 5.11 Å². The van der Waals surface area contributed by atoms with E-state index in [1.165, 1.54) is 11.8 Å². The van der Waals surface area contributed by atoms with Crippen LogP contribution in [0.15, 0.2) is 0 Å². The molecule has 1 atom stereocenters. The number of hydrogen-bond acceptors (Lipinski definition) is 6. The first kappa shape index (κ1) is 14.7. The lowest BCUT2D eigenvalue weighted by molar-refractivity contribution is -0.142. The largest absolute Gasteiger partial charge is 0.480 e. The predicted octanol–water partition coefficient (Wildman–Crippen LogP) is -1.13. The molecule has 0 spiro atoms. The number of hydrogen-bond donors (Lipinski definition) is 2. The molecule has 0 aromatic heterocycles. The van der Waals surface area contributed by atoms with Crippen molar-refractivity contribution in [1.82, 2.24) is 4.72 Å². The van der Waals surface area contributed by atoms with Gasteiger partial charge < -0.3 is 5.11 Å². The zero-order chi connectivity index (χ0) is 13.3. The summed E-state index contributed by atoms with van der Waals surface area (Å²) >= 11 is 1.31. The van der Waals surface area contributed by atoms with Crippen molar-refractivity contribution < 1.29 is 26.7 Å². The quantitative estimate of drug-likeness (QED) is 0.659. The van der Waals surface area contributed by atoms with Crippen molar-refractivity contribution in [1.29, 1.82) is 0 Å². The number of thioether (sulfide) groups is 1. The molecule has 1 fully saturated rings. The lowest BCUT2D eigenvalue weighted by atomic mass is 10.0. The van der Waals surface area contributed by atoms with Crippen LogP contribution in [-0.2, 0) is 24.7 Å². The van der Waals surface area contributed by atoms with Crippen molar-refractivity contribution in [3.63, 3.8) is 0 Å². The van der Waals surface area contributed by atoms with Crippen LogP contribution in [0.1, 0.15) is 6.42 Å². The minimum absolute atomic E-state index is 0.103. The molecule has 17 heavy (non-hydrogen) atoms. The van der Waals surface area contributed by atoms with Gasteiger partial charge in [-0.3, -0.25) is 4.79 Å². The molecule has 1 saturated heterocycles. The van der Waals surface area contributed by atoms with Crippen LogP contribution in [0, 0.1) is 0 Å². The van der Waals surface area contributed by atoms with Crippen molar-refractivity contribution >= 4 is 37.6 Å². The average Bonchev–Trinajstić information content (AvgIpc) is 2.47. The molecule has 1 aliphatic rings. The molecule has 10 heteroatoms. The van der Waals surface area contributed by atoms with Gasteiger partial charge in [-0.05, 0) is 12.2 Å². The summed E-state index contributed by atoms with van der Waals surface area (Å²) in [6, 6.07) is 0. The Hall–Kier alpha value is -0.320. The van der Waals surface area contributed by atoms with Crippen LogP contribution in [0.3, 0.4) is 0 Å². The maximum Gasteiger partial charge on any atom is 0.325 e. The third kappa shape index (κ3) is 4.12. The van der Waals surface area contributed by atoms with Crippen LogP contribution in [0.4, 0.5) is 0 Å². The predicted molar refractivity (Wildman–Crippen MR) is 64.1 cm³/mol. The van der Waals surface area contributed by atoms with E-state index in [1.807, 2.05) is 4.72 Å². The van der Waals surface area contributed by atoms with Gasteiger partial charge in [0.2, 0.25) is 10.0 Å². The third-order valence-corrected chi connectivity index (χ3v) is 7.00. The standard InChI is InChI=1S/C7H13NO6S3/c1-16(11,12)5-17(13,14)8-7(6(9)10)2-3-15-4-7/h8H,2-5H2,1H3,(H,9,10). The molecule has 0 aromatic carbocycles. The van der Waals surface area contributed by atoms with Gasteiger partial charge in [-0.2, -0.15) is 16.5 Å². The molecule has 1 rings (SSSR count). The second kappa shape index (κ2) is 4.75. The highest BCUT2D eigenvalue weighted by molar-refractivity contribution is 8.06. The minimum Gasteiger partial charge on any atom is -0.480 e. The van der Waals surface area contributed by atoms with Gasteiger partial charge in [0.25, 0.3) is 0 Å². The third-order valence-electron chi connectivity index (χ3n) is 2.15. The van der Waals surface area contributed by atoms with E-state index in [0.29, 0.717) is 5.75 Å². The maximum absolute atomic E-state index is 11.5. The number of sulfone groups is 1. The topological polar surface area (TPSA) is 118 Å². The van der Waals surface area contributed by atoms with Gasteiger partial charge in [0, 0.05) is 12.0 Å². The Bertz CT molecular complexity index is 502. The Labute approximate surface area is 104 Å². The fraction of sp³-hybridized carbons (Fsp3) is 0.857. The fourth-order valence-corrected chi connectivity index (χ4v) is 6.23. The van der Waals surface area contributed by atoms with Crippen LogP contribution in [0.25, 0.3) is 0 Å². The Balaban J connectivity index is 2.92. The molecule has 1 aliphatic heterocycles. The summed E-state index contributed by atoms with van der Waals surface area (Å²) in [6.07, 6.45) is 0.930. The first-order chi connectivity index (χ1) is 7.56. The Morgan fingerprint density at radius 1 is 1.41 bits per heavy atom. The van der Waals surface area contributed by atoms with Crippen molar-refractivity contribution in [2.75, 3.05) is 22.8 Å². The summed E-state index contributed by atoms with van der Waals surface area (Å²) in [4.78, 5) is 11.1. The van der Waals surface area contributed by atoms with Crippen LogP contribution >= 0.6 is 11.8 Å². The first-order valence-corrected chi connectivity index (χ1v) is 9.44. The molecule has 1 heterocycles. The number of sulfonamides is 1. The summed E-state index contributed by atoms with van der Waals surface area (Å²) in [5, 5.41) is 7.94. The zero-order valence-corrected chi connectivity index (χ0v) is 11.5. The van der Waals surface area contributed by atoms with Gasteiger partial charge in [0.1, 0.15) is 5.54 Å². The monoisotopic (exact) mass is 303 g/mol. The van der Waals surface area contributed by atoms with Gasteiger partial charge in [-0.1, -0.05) is 0 Å². The SMILES string of the molecule is CS(=O)(=O)CS(=O)(=O)NC1(C(=O)O)CCSC1. The highest BCUT2D eigenvalue weighted by Gasteiger charge is 2.45. The molecule has 0 radical (unpaired) electrons. The fourth-order valence-electron chi connectivity index (χ4n) is 1.47. The molecule has 0 bridgehead atoms. The molecule has 0 aliphatic carbocycles. The number of rotatable bonds is 5. The lowest BCUT2D eigenvalue weighted by Gasteiger charge is -2.23. The summed E-state index contributed by atoms with van der Waals surface area (Å²) in [5.74, 6) is -0.654. The number of carboxylic acids is 1. The van der Waals surface area contributed by atoms with E-state index < -0.39 is 36.5 Å². The molecular formula is C7H13NO6S3. The Morgan fingerprint density at radius 2 is 2.00 bits per heavy atom. The second-order valence-corrected chi connectivity index (χ2v) is 9.28. The van der Waals surface area contributed by atoms with Crippen LogP contribution in [-0.4, -0.2) is 56.3 Å². The second-order valence-electron chi connectivity index (χ2n) is 3.95. The van der Waals surface area contributed by atoms with Gasteiger partial charge in [-0.25, -0.2) is 16.8 Å². The highest BCUT2D eigenvalue weighted by atomic mass is 32.3. The summed E-state index contributed by atoms with van der Waals surface area (Å²) < 4.78 is 46.9. The molecule has 7 nitrogen and oxygen atoms in total. The minimum atomic E-state index is -4.16. The molecule has 100 valence electrons.